The van der Waals surface area contributed by atoms with Gasteiger partial charge in [0, 0.05) is 0 Å². The molecule has 0 saturated heterocycles. The van der Waals surface area contributed by atoms with Crippen LogP contribution in [0.3, 0.4) is 0 Å². The minimum atomic E-state index is 0.728. The number of thiol groups is 2. The molecule has 1 rings (SSSR count). The second kappa shape index (κ2) is 3.57. The summed E-state index contributed by atoms with van der Waals surface area (Å²) in [5.74, 6) is 0.728. The summed E-state index contributed by atoms with van der Waals surface area (Å²) in [6.07, 6.45) is 5.37. The van der Waals surface area contributed by atoms with E-state index in [2.05, 4.69) is 25.3 Å². The van der Waals surface area contributed by atoms with Gasteiger partial charge in [-0.1, -0.05) is 12.8 Å². The van der Waals surface area contributed by atoms with Gasteiger partial charge in [0.05, 0.1) is 0 Å². The van der Waals surface area contributed by atoms with E-state index in [1.165, 1.54) is 25.7 Å². The summed E-state index contributed by atoms with van der Waals surface area (Å²) < 4.78 is 0. The molecular weight excluding hydrogens is 148 g/mol. The second-order valence-electron chi connectivity index (χ2n) is 2.54. The fraction of sp³-hybridized carbons (Fsp3) is 0.714. The first-order valence-corrected chi connectivity index (χ1v) is 4.34. The molecule has 0 aromatic heterocycles. The molecule has 0 aromatic rings. The number of hydrogen-bond acceptors (Lipinski definition) is 2. The van der Waals surface area contributed by atoms with E-state index in [4.69, 9.17) is 0 Å². The third kappa shape index (κ3) is 1.94. The molecule has 0 unspecified atom stereocenters. The van der Waals surface area contributed by atoms with Crippen molar-refractivity contribution >= 4 is 25.3 Å². The molecule has 1 aliphatic rings. The Balaban J connectivity index is 2.42. The zero-order valence-electron chi connectivity index (χ0n) is 5.38. The van der Waals surface area contributed by atoms with E-state index in [0.717, 1.165) is 10.8 Å². The normalized spacial score (nSPS) is 23.1. The van der Waals surface area contributed by atoms with Crippen molar-refractivity contribution < 1.29 is 0 Å². The fourth-order valence-electron chi connectivity index (χ4n) is 1.33. The second-order valence-corrected chi connectivity index (χ2v) is 3.31. The van der Waals surface area contributed by atoms with Gasteiger partial charge >= 0.3 is 0 Å². The van der Waals surface area contributed by atoms with Crippen molar-refractivity contribution in [1.29, 1.82) is 0 Å². The molecule has 1 saturated carbocycles. The Morgan fingerprint density at radius 3 is 2.33 bits per heavy atom. The highest BCUT2D eigenvalue weighted by atomic mass is 32.1. The molecule has 9 heavy (non-hydrogen) atoms. The van der Waals surface area contributed by atoms with Crippen LogP contribution in [0.2, 0.25) is 0 Å². The van der Waals surface area contributed by atoms with Gasteiger partial charge in [0.15, 0.2) is 0 Å². The monoisotopic (exact) mass is 160 g/mol. The van der Waals surface area contributed by atoms with E-state index in [1.54, 1.807) is 0 Å². The van der Waals surface area contributed by atoms with Gasteiger partial charge < -0.3 is 0 Å². The molecule has 0 N–H and O–H groups in total. The Labute approximate surface area is 67.5 Å². The quantitative estimate of drug-likeness (QED) is 0.541. The molecule has 0 aromatic carbocycles. The minimum Gasteiger partial charge on any atom is -0.151 e. The van der Waals surface area contributed by atoms with E-state index in [1.807, 2.05) is 5.41 Å². The highest BCUT2D eigenvalue weighted by Crippen LogP contribution is 2.32. The van der Waals surface area contributed by atoms with Crippen molar-refractivity contribution in [3.8, 4) is 0 Å². The van der Waals surface area contributed by atoms with Crippen molar-refractivity contribution in [1.82, 2.24) is 0 Å². The fourth-order valence-corrected chi connectivity index (χ4v) is 1.80. The highest BCUT2D eigenvalue weighted by molar-refractivity contribution is 7.87. The smallest absolute Gasteiger partial charge is 0.00928 e. The molecule has 0 nitrogen and oxygen atoms in total. The molecule has 2 heteroatoms. The molecule has 1 aliphatic carbocycles. The Hall–Kier alpha value is 0.440. The summed E-state index contributed by atoms with van der Waals surface area (Å²) in [7, 11) is 0. The molecule has 0 atom stereocenters. The van der Waals surface area contributed by atoms with Crippen molar-refractivity contribution in [3.05, 3.63) is 10.3 Å². The van der Waals surface area contributed by atoms with Crippen LogP contribution >= 0.6 is 25.3 Å². The van der Waals surface area contributed by atoms with Crippen LogP contribution in [-0.4, -0.2) is 0 Å². The van der Waals surface area contributed by atoms with Crippen molar-refractivity contribution in [3.63, 3.8) is 0 Å². The number of hydrogen-bond donors (Lipinski definition) is 2. The Bertz CT molecular complexity index is 112. The van der Waals surface area contributed by atoms with Crippen molar-refractivity contribution in [2.75, 3.05) is 0 Å². The van der Waals surface area contributed by atoms with Gasteiger partial charge in [-0.25, -0.2) is 0 Å². The summed E-state index contributed by atoms with van der Waals surface area (Å²) in [4.78, 5) is 1.16. The average molecular weight is 160 g/mol. The zero-order chi connectivity index (χ0) is 6.69. The van der Waals surface area contributed by atoms with Crippen LogP contribution in [0.5, 0.6) is 0 Å². The average Bonchev–Trinajstić information content (AvgIpc) is 2.37. The van der Waals surface area contributed by atoms with Crippen LogP contribution in [0, 0.1) is 5.92 Å². The minimum absolute atomic E-state index is 0.728. The van der Waals surface area contributed by atoms with Crippen LogP contribution in [0.4, 0.5) is 0 Å². The van der Waals surface area contributed by atoms with Crippen LogP contribution in [0.15, 0.2) is 10.3 Å². The van der Waals surface area contributed by atoms with Crippen molar-refractivity contribution in [2.45, 2.75) is 25.7 Å². The van der Waals surface area contributed by atoms with E-state index in [-0.39, 0.29) is 0 Å². The molecule has 0 heterocycles. The lowest BCUT2D eigenvalue weighted by Crippen LogP contribution is -1.90. The number of rotatable bonds is 1. The molecule has 0 aliphatic heterocycles. The summed E-state index contributed by atoms with van der Waals surface area (Å²) >= 11 is 8.36. The lowest BCUT2D eigenvalue weighted by atomic mass is 10.1. The van der Waals surface area contributed by atoms with Gasteiger partial charge in [0.2, 0.25) is 0 Å². The Morgan fingerprint density at radius 2 is 1.89 bits per heavy atom. The summed E-state index contributed by atoms with van der Waals surface area (Å²) in [5, 5.41) is 1.82. The zero-order valence-corrected chi connectivity index (χ0v) is 7.17. The van der Waals surface area contributed by atoms with Crippen LogP contribution < -0.4 is 0 Å². The third-order valence-electron chi connectivity index (χ3n) is 1.91. The van der Waals surface area contributed by atoms with Gasteiger partial charge in [0.25, 0.3) is 0 Å². The summed E-state index contributed by atoms with van der Waals surface area (Å²) in [6.45, 7) is 0. The predicted molar refractivity (Wildman–Crippen MR) is 48.0 cm³/mol. The maximum atomic E-state index is 4.31. The van der Waals surface area contributed by atoms with E-state index < -0.39 is 0 Å². The molecule has 1 fully saturated rings. The topological polar surface area (TPSA) is 0 Å². The van der Waals surface area contributed by atoms with E-state index in [9.17, 15) is 0 Å². The molecule has 0 amide bonds. The van der Waals surface area contributed by atoms with Crippen LogP contribution in [0.1, 0.15) is 25.7 Å². The standard InChI is InChI=1S/C7H12S2/c8-5-7(9)6-3-1-2-4-6/h5-6,8-9H,1-4H2. The van der Waals surface area contributed by atoms with Gasteiger partial charge in [-0.2, -0.15) is 12.6 Å². The lowest BCUT2D eigenvalue weighted by molar-refractivity contribution is 0.677. The van der Waals surface area contributed by atoms with Gasteiger partial charge in [-0.15, -0.1) is 12.6 Å². The summed E-state index contributed by atoms with van der Waals surface area (Å²) in [5.41, 5.74) is 0. The molecular formula is C7H12S2. The maximum absolute atomic E-state index is 4.31. The number of allylic oxidation sites excluding steroid dienone is 1. The molecule has 0 radical (unpaired) electrons. The van der Waals surface area contributed by atoms with Crippen molar-refractivity contribution in [2.24, 2.45) is 5.92 Å². The Kier molecular flexibility index (Phi) is 2.99. The van der Waals surface area contributed by atoms with Gasteiger partial charge in [-0.3, -0.25) is 0 Å². The largest absolute Gasteiger partial charge is 0.151 e. The maximum Gasteiger partial charge on any atom is -0.00928 e. The SMILES string of the molecule is SC=C(S)C1CCCC1. The highest BCUT2D eigenvalue weighted by Gasteiger charge is 2.15. The first kappa shape index (κ1) is 7.55. The Morgan fingerprint density at radius 1 is 1.33 bits per heavy atom. The van der Waals surface area contributed by atoms with Gasteiger partial charge in [-0.05, 0) is 29.1 Å². The van der Waals surface area contributed by atoms with E-state index in [0.29, 0.717) is 0 Å². The summed E-state index contributed by atoms with van der Waals surface area (Å²) in [6, 6.07) is 0. The van der Waals surface area contributed by atoms with Gasteiger partial charge in [0.1, 0.15) is 0 Å². The molecule has 0 bridgehead atoms. The third-order valence-corrected chi connectivity index (χ3v) is 2.88. The van der Waals surface area contributed by atoms with E-state index >= 15 is 0 Å². The lowest BCUT2D eigenvalue weighted by Gasteiger charge is -2.05. The first-order valence-electron chi connectivity index (χ1n) is 3.38. The van der Waals surface area contributed by atoms with Crippen LogP contribution in [0.25, 0.3) is 0 Å². The molecule has 0 spiro atoms. The predicted octanol–water partition coefficient (Wildman–Crippen LogP) is 2.88. The first-order chi connectivity index (χ1) is 4.34. The van der Waals surface area contributed by atoms with Crippen LogP contribution in [-0.2, 0) is 0 Å². The molecule has 52 valence electrons.